The van der Waals surface area contributed by atoms with Gasteiger partial charge in [-0.2, -0.15) is 0 Å². The fourth-order valence-corrected chi connectivity index (χ4v) is 2.46. The Labute approximate surface area is 116 Å². The monoisotopic (exact) mass is 274 g/mol. The first-order valence-electron chi connectivity index (χ1n) is 5.35. The van der Waals surface area contributed by atoms with Crippen molar-refractivity contribution in [2.75, 3.05) is 0 Å². The van der Waals surface area contributed by atoms with Gasteiger partial charge in [0.1, 0.15) is 5.01 Å². The smallest absolute Gasteiger partial charge is 0.125 e. The predicted octanol–water partition coefficient (Wildman–Crippen LogP) is 4.29. The Hall–Kier alpha value is -1.71. The Morgan fingerprint density at radius 3 is 2.39 bits per heavy atom. The third kappa shape index (κ3) is 2.58. The topological polar surface area (TPSA) is 25.8 Å². The molecule has 0 radical (unpaired) electrons. The number of pyridine rings is 1. The van der Waals surface area contributed by atoms with Gasteiger partial charge in [-0.15, -0.1) is 23.7 Å². The maximum absolute atomic E-state index is 4.63. The van der Waals surface area contributed by atoms with Crippen LogP contribution in [-0.4, -0.2) is 9.97 Å². The molecule has 0 aliphatic carbocycles. The van der Waals surface area contributed by atoms with Crippen molar-refractivity contribution in [2.45, 2.75) is 0 Å². The summed E-state index contributed by atoms with van der Waals surface area (Å²) in [7, 11) is 0. The minimum absolute atomic E-state index is 0. The number of benzene rings is 1. The zero-order valence-corrected chi connectivity index (χ0v) is 11.1. The van der Waals surface area contributed by atoms with Gasteiger partial charge in [-0.1, -0.05) is 30.3 Å². The van der Waals surface area contributed by atoms with Gasteiger partial charge in [0.15, 0.2) is 0 Å². The predicted molar refractivity (Wildman–Crippen MR) is 78.0 cm³/mol. The fraction of sp³-hybridized carbons (Fsp3) is 0. The molecule has 90 valence electrons. The van der Waals surface area contributed by atoms with E-state index in [1.807, 2.05) is 36.5 Å². The van der Waals surface area contributed by atoms with E-state index in [0.29, 0.717) is 0 Å². The minimum Gasteiger partial charge on any atom is -0.264 e. The van der Waals surface area contributed by atoms with Gasteiger partial charge in [0, 0.05) is 28.9 Å². The molecule has 0 amide bonds. The van der Waals surface area contributed by atoms with Crippen molar-refractivity contribution in [1.29, 1.82) is 0 Å². The van der Waals surface area contributed by atoms with E-state index in [1.165, 1.54) is 0 Å². The Morgan fingerprint density at radius 2 is 1.67 bits per heavy atom. The van der Waals surface area contributed by atoms with Gasteiger partial charge in [0.25, 0.3) is 0 Å². The lowest BCUT2D eigenvalue weighted by Crippen LogP contribution is -1.79. The molecule has 18 heavy (non-hydrogen) atoms. The van der Waals surface area contributed by atoms with Crippen LogP contribution in [0.1, 0.15) is 0 Å². The van der Waals surface area contributed by atoms with Gasteiger partial charge in [0.05, 0.1) is 5.69 Å². The number of hydrogen-bond donors (Lipinski definition) is 0. The molecule has 0 aliphatic rings. The summed E-state index contributed by atoms with van der Waals surface area (Å²) in [5, 5.41) is 3.09. The molecule has 0 fully saturated rings. The maximum atomic E-state index is 4.63. The first-order chi connectivity index (χ1) is 8.43. The lowest BCUT2D eigenvalue weighted by Gasteiger charge is -1.95. The van der Waals surface area contributed by atoms with E-state index in [2.05, 4.69) is 27.5 Å². The first-order valence-corrected chi connectivity index (χ1v) is 6.23. The van der Waals surface area contributed by atoms with Crippen molar-refractivity contribution >= 4 is 23.7 Å². The first kappa shape index (κ1) is 12.7. The highest BCUT2D eigenvalue weighted by atomic mass is 35.5. The van der Waals surface area contributed by atoms with Gasteiger partial charge >= 0.3 is 0 Å². The van der Waals surface area contributed by atoms with Gasteiger partial charge in [0.2, 0.25) is 0 Å². The standard InChI is InChI=1S/C14H10N2S.ClH/c1-2-5-11(6-3-1)13-10-17-14(16-13)12-7-4-8-15-9-12;/h1-10H;1H. The molecular formula is C14H11ClN2S. The number of thiazole rings is 1. The van der Waals surface area contributed by atoms with Crippen LogP contribution in [-0.2, 0) is 0 Å². The van der Waals surface area contributed by atoms with Crippen LogP contribution in [0, 0.1) is 0 Å². The molecule has 0 aliphatic heterocycles. The lowest BCUT2D eigenvalue weighted by atomic mass is 10.2. The van der Waals surface area contributed by atoms with Crippen LogP contribution < -0.4 is 0 Å². The Morgan fingerprint density at radius 1 is 0.889 bits per heavy atom. The number of rotatable bonds is 2. The molecule has 2 heterocycles. The normalized spacial score (nSPS) is 9.78. The van der Waals surface area contributed by atoms with Crippen molar-refractivity contribution in [1.82, 2.24) is 9.97 Å². The lowest BCUT2D eigenvalue weighted by molar-refractivity contribution is 1.31. The van der Waals surface area contributed by atoms with Crippen LogP contribution in [0.25, 0.3) is 21.8 Å². The van der Waals surface area contributed by atoms with E-state index in [4.69, 9.17) is 0 Å². The van der Waals surface area contributed by atoms with Crippen molar-refractivity contribution in [3.05, 3.63) is 60.2 Å². The summed E-state index contributed by atoms with van der Waals surface area (Å²) in [6, 6.07) is 14.2. The van der Waals surface area contributed by atoms with E-state index in [9.17, 15) is 0 Å². The summed E-state index contributed by atoms with van der Waals surface area (Å²) in [4.78, 5) is 8.74. The molecule has 0 spiro atoms. The summed E-state index contributed by atoms with van der Waals surface area (Å²) in [6.45, 7) is 0. The molecule has 3 aromatic rings. The number of halogens is 1. The zero-order valence-electron chi connectivity index (χ0n) is 9.48. The van der Waals surface area contributed by atoms with Crippen LogP contribution in [0.3, 0.4) is 0 Å². The van der Waals surface area contributed by atoms with E-state index >= 15 is 0 Å². The Balaban J connectivity index is 0.00000120. The molecule has 0 atom stereocenters. The highest BCUT2D eigenvalue weighted by molar-refractivity contribution is 7.13. The molecule has 3 rings (SSSR count). The second kappa shape index (κ2) is 5.76. The van der Waals surface area contributed by atoms with Gasteiger partial charge in [-0.05, 0) is 12.1 Å². The van der Waals surface area contributed by atoms with Crippen molar-refractivity contribution in [2.24, 2.45) is 0 Å². The minimum atomic E-state index is 0. The van der Waals surface area contributed by atoms with Crippen molar-refractivity contribution in [3.8, 4) is 21.8 Å². The third-order valence-electron chi connectivity index (χ3n) is 2.48. The molecule has 0 bridgehead atoms. The highest BCUT2D eigenvalue weighted by Gasteiger charge is 2.05. The van der Waals surface area contributed by atoms with Gasteiger partial charge in [-0.25, -0.2) is 4.98 Å². The molecule has 0 saturated heterocycles. The summed E-state index contributed by atoms with van der Waals surface area (Å²) in [6.07, 6.45) is 3.61. The summed E-state index contributed by atoms with van der Waals surface area (Å²) in [5.41, 5.74) is 3.24. The van der Waals surface area contributed by atoms with E-state index in [0.717, 1.165) is 21.8 Å². The van der Waals surface area contributed by atoms with E-state index in [1.54, 1.807) is 17.5 Å². The average Bonchev–Trinajstić information content (AvgIpc) is 2.90. The molecule has 0 saturated carbocycles. The molecule has 1 aromatic carbocycles. The summed E-state index contributed by atoms with van der Waals surface area (Å²) < 4.78 is 0. The quantitative estimate of drug-likeness (QED) is 0.696. The molecule has 4 heteroatoms. The average molecular weight is 275 g/mol. The number of nitrogens with zero attached hydrogens (tertiary/aromatic N) is 2. The van der Waals surface area contributed by atoms with Crippen molar-refractivity contribution in [3.63, 3.8) is 0 Å². The number of hydrogen-bond acceptors (Lipinski definition) is 3. The van der Waals surface area contributed by atoms with Crippen LogP contribution >= 0.6 is 23.7 Å². The fourth-order valence-electron chi connectivity index (χ4n) is 1.64. The summed E-state index contributed by atoms with van der Waals surface area (Å²) in [5.74, 6) is 0. The molecule has 0 unspecified atom stereocenters. The van der Waals surface area contributed by atoms with E-state index in [-0.39, 0.29) is 12.4 Å². The molecular weight excluding hydrogens is 264 g/mol. The molecule has 2 aromatic heterocycles. The van der Waals surface area contributed by atoms with Gasteiger partial charge in [-0.3, -0.25) is 4.98 Å². The van der Waals surface area contributed by atoms with Crippen molar-refractivity contribution < 1.29 is 0 Å². The Bertz CT molecular complexity index is 554. The second-order valence-electron chi connectivity index (χ2n) is 3.65. The third-order valence-corrected chi connectivity index (χ3v) is 3.37. The van der Waals surface area contributed by atoms with E-state index < -0.39 is 0 Å². The largest absolute Gasteiger partial charge is 0.264 e. The van der Waals surface area contributed by atoms with Crippen LogP contribution in [0.4, 0.5) is 0 Å². The van der Waals surface area contributed by atoms with Crippen LogP contribution in [0.5, 0.6) is 0 Å². The zero-order chi connectivity index (χ0) is 11.5. The summed E-state index contributed by atoms with van der Waals surface area (Å²) >= 11 is 1.65. The molecule has 2 nitrogen and oxygen atoms in total. The maximum Gasteiger partial charge on any atom is 0.125 e. The van der Waals surface area contributed by atoms with Crippen LogP contribution in [0.2, 0.25) is 0 Å². The SMILES string of the molecule is Cl.c1ccc(-c2csc(-c3cccnc3)n2)cc1. The van der Waals surface area contributed by atoms with Crippen LogP contribution in [0.15, 0.2) is 60.2 Å². The van der Waals surface area contributed by atoms with Gasteiger partial charge < -0.3 is 0 Å². The second-order valence-corrected chi connectivity index (χ2v) is 4.50. The number of aromatic nitrogens is 2. The Kier molecular flexibility index (Phi) is 4.07. The molecule has 0 N–H and O–H groups in total. The highest BCUT2D eigenvalue weighted by Crippen LogP contribution is 2.27.